The minimum absolute atomic E-state index is 0.136. The molecule has 3 atom stereocenters. The van der Waals surface area contributed by atoms with Crippen molar-refractivity contribution >= 4 is 23.2 Å². The Hall–Kier alpha value is -1.36. The van der Waals surface area contributed by atoms with Crippen molar-refractivity contribution in [3.8, 4) is 0 Å². The first kappa shape index (κ1) is 15.2. The van der Waals surface area contributed by atoms with Gasteiger partial charge in [-0.3, -0.25) is 9.59 Å². The van der Waals surface area contributed by atoms with Gasteiger partial charge < -0.3 is 10.0 Å². The van der Waals surface area contributed by atoms with Crippen LogP contribution in [-0.2, 0) is 17.6 Å². The molecule has 1 saturated carbocycles. The maximum atomic E-state index is 13.0. The predicted octanol–water partition coefficient (Wildman–Crippen LogP) is 3.34. The van der Waals surface area contributed by atoms with Gasteiger partial charge in [0.05, 0.1) is 10.8 Å². The van der Waals surface area contributed by atoms with Crippen LogP contribution in [0, 0.1) is 11.8 Å². The molecule has 0 aromatic carbocycles. The van der Waals surface area contributed by atoms with E-state index in [0.29, 0.717) is 13.0 Å². The van der Waals surface area contributed by atoms with Gasteiger partial charge in [-0.25, -0.2) is 0 Å². The van der Waals surface area contributed by atoms with Gasteiger partial charge in [-0.15, -0.1) is 11.3 Å². The first-order chi connectivity index (χ1) is 11.1. The molecular weight excluding hydrogens is 310 g/mol. The summed E-state index contributed by atoms with van der Waals surface area (Å²) in [5, 5.41) is 9.44. The van der Waals surface area contributed by atoms with Crippen molar-refractivity contribution in [1.82, 2.24) is 4.90 Å². The van der Waals surface area contributed by atoms with Gasteiger partial charge in [0.15, 0.2) is 0 Å². The van der Waals surface area contributed by atoms with E-state index in [1.54, 1.807) is 11.3 Å². The Bertz CT molecular complexity index is 615. The Morgan fingerprint density at radius 3 is 2.74 bits per heavy atom. The molecule has 1 aromatic rings. The molecule has 1 N–H and O–H groups in total. The number of likely N-dealkylation sites (tertiary alicyclic amines) is 1. The number of thiophene rings is 1. The van der Waals surface area contributed by atoms with Gasteiger partial charge in [-0.05, 0) is 62.5 Å². The van der Waals surface area contributed by atoms with Gasteiger partial charge in [0.25, 0.3) is 5.91 Å². The molecule has 3 aliphatic rings. The fourth-order valence-corrected chi connectivity index (χ4v) is 5.99. The van der Waals surface area contributed by atoms with Crippen molar-refractivity contribution in [2.75, 3.05) is 6.54 Å². The monoisotopic (exact) mass is 333 g/mol. The summed E-state index contributed by atoms with van der Waals surface area (Å²) < 4.78 is 0. The molecule has 124 valence electrons. The van der Waals surface area contributed by atoms with E-state index in [2.05, 4.69) is 6.07 Å². The highest BCUT2D eigenvalue weighted by Crippen LogP contribution is 2.42. The van der Waals surface area contributed by atoms with E-state index in [0.717, 1.165) is 37.0 Å². The molecule has 1 aromatic heterocycles. The standard InChI is InChI=1S/C18H23NO3S/c20-17(16-10-11-4-1-2-7-15(11)23-16)19-9-8-13(18(21)22)12-5-3-6-14(12)19/h10,12-14H,1-9H2,(H,21,22). The Balaban J connectivity index is 1.57. The van der Waals surface area contributed by atoms with Crippen LogP contribution in [0.2, 0.25) is 0 Å². The van der Waals surface area contributed by atoms with Gasteiger partial charge in [0, 0.05) is 17.5 Å². The third-order valence-electron chi connectivity index (χ3n) is 5.92. The van der Waals surface area contributed by atoms with Crippen LogP contribution < -0.4 is 0 Å². The van der Waals surface area contributed by atoms with Crippen LogP contribution in [0.1, 0.15) is 58.6 Å². The van der Waals surface area contributed by atoms with E-state index in [1.807, 2.05) is 4.90 Å². The number of hydrogen-bond donors (Lipinski definition) is 1. The molecule has 5 heteroatoms. The fraction of sp³-hybridized carbons (Fsp3) is 0.667. The quantitative estimate of drug-likeness (QED) is 0.903. The number of rotatable bonds is 2. The van der Waals surface area contributed by atoms with E-state index in [9.17, 15) is 14.7 Å². The zero-order valence-corrected chi connectivity index (χ0v) is 14.1. The second-order valence-electron chi connectivity index (χ2n) is 7.16. The highest BCUT2D eigenvalue weighted by molar-refractivity contribution is 7.14. The Morgan fingerprint density at radius 1 is 1.13 bits per heavy atom. The molecule has 0 radical (unpaired) electrons. The summed E-state index contributed by atoms with van der Waals surface area (Å²) in [6, 6.07) is 2.24. The lowest BCUT2D eigenvalue weighted by molar-refractivity contribution is -0.146. The first-order valence-corrected chi connectivity index (χ1v) is 9.62. The molecule has 0 bridgehead atoms. The molecule has 1 saturated heterocycles. The number of nitrogens with zero attached hydrogens (tertiary/aromatic N) is 1. The number of amides is 1. The highest BCUT2D eigenvalue weighted by atomic mass is 32.1. The minimum atomic E-state index is -0.680. The highest BCUT2D eigenvalue weighted by Gasteiger charge is 2.45. The van der Waals surface area contributed by atoms with Crippen molar-refractivity contribution < 1.29 is 14.7 Å². The second kappa shape index (κ2) is 5.93. The molecule has 1 amide bonds. The summed E-state index contributed by atoms with van der Waals surface area (Å²) in [7, 11) is 0. The summed E-state index contributed by atoms with van der Waals surface area (Å²) in [5.41, 5.74) is 1.37. The smallest absolute Gasteiger partial charge is 0.306 e. The van der Waals surface area contributed by atoms with Crippen LogP contribution >= 0.6 is 11.3 Å². The number of carboxylic acids is 1. The van der Waals surface area contributed by atoms with Gasteiger partial charge in [-0.1, -0.05) is 6.42 Å². The van der Waals surface area contributed by atoms with Crippen LogP contribution in [0.5, 0.6) is 0 Å². The third kappa shape index (κ3) is 2.59. The van der Waals surface area contributed by atoms with Gasteiger partial charge >= 0.3 is 5.97 Å². The molecule has 23 heavy (non-hydrogen) atoms. The van der Waals surface area contributed by atoms with Crippen molar-refractivity contribution in [2.24, 2.45) is 11.8 Å². The molecule has 3 unspecified atom stereocenters. The van der Waals surface area contributed by atoms with Gasteiger partial charge in [0.1, 0.15) is 0 Å². The normalized spacial score (nSPS) is 29.9. The topological polar surface area (TPSA) is 57.6 Å². The van der Waals surface area contributed by atoms with Crippen molar-refractivity contribution in [1.29, 1.82) is 0 Å². The van der Waals surface area contributed by atoms with Crippen LogP contribution in [0.3, 0.4) is 0 Å². The van der Waals surface area contributed by atoms with E-state index >= 15 is 0 Å². The maximum absolute atomic E-state index is 13.0. The summed E-state index contributed by atoms with van der Waals surface area (Å²) in [6.07, 6.45) is 8.24. The summed E-state index contributed by atoms with van der Waals surface area (Å²) in [4.78, 5) is 28.8. The molecule has 4 rings (SSSR count). The number of carbonyl (C=O) groups excluding carboxylic acids is 1. The number of piperidine rings is 1. The molecule has 0 spiro atoms. The number of carboxylic acid groups (broad SMARTS) is 1. The lowest BCUT2D eigenvalue weighted by Gasteiger charge is -2.40. The SMILES string of the molecule is O=C(O)C1CCN(C(=O)c2cc3c(s2)CCCC3)C2CCCC12. The van der Waals surface area contributed by atoms with Crippen molar-refractivity contribution in [2.45, 2.75) is 57.4 Å². The van der Waals surface area contributed by atoms with E-state index < -0.39 is 5.97 Å². The molecular formula is C18H23NO3S. The molecule has 2 heterocycles. The number of aryl methyl sites for hydroxylation is 2. The molecule has 1 aliphatic heterocycles. The summed E-state index contributed by atoms with van der Waals surface area (Å²) >= 11 is 1.67. The lowest BCUT2D eigenvalue weighted by Crippen LogP contribution is -2.50. The van der Waals surface area contributed by atoms with Crippen LogP contribution in [0.15, 0.2) is 6.07 Å². The van der Waals surface area contributed by atoms with Crippen LogP contribution in [0.4, 0.5) is 0 Å². The molecule has 4 nitrogen and oxygen atoms in total. The Morgan fingerprint density at radius 2 is 1.96 bits per heavy atom. The minimum Gasteiger partial charge on any atom is -0.481 e. The number of fused-ring (bicyclic) bond motifs is 2. The van der Waals surface area contributed by atoms with Gasteiger partial charge in [0.2, 0.25) is 0 Å². The maximum Gasteiger partial charge on any atom is 0.306 e. The zero-order chi connectivity index (χ0) is 16.0. The third-order valence-corrected chi connectivity index (χ3v) is 7.14. The van der Waals surface area contributed by atoms with Gasteiger partial charge in [-0.2, -0.15) is 0 Å². The number of hydrogen-bond acceptors (Lipinski definition) is 3. The fourth-order valence-electron chi connectivity index (χ4n) is 4.78. The first-order valence-electron chi connectivity index (χ1n) is 8.80. The number of carbonyl (C=O) groups is 2. The number of aliphatic carboxylic acids is 1. The van der Waals surface area contributed by atoms with E-state index in [1.165, 1.54) is 23.3 Å². The average Bonchev–Trinajstić information content (AvgIpc) is 3.19. The zero-order valence-electron chi connectivity index (χ0n) is 13.3. The second-order valence-corrected chi connectivity index (χ2v) is 8.30. The van der Waals surface area contributed by atoms with Crippen LogP contribution in [-0.4, -0.2) is 34.5 Å². The summed E-state index contributed by atoms with van der Waals surface area (Å²) in [6.45, 7) is 0.597. The van der Waals surface area contributed by atoms with Crippen molar-refractivity contribution in [3.63, 3.8) is 0 Å². The van der Waals surface area contributed by atoms with E-state index in [-0.39, 0.29) is 23.8 Å². The lowest BCUT2D eigenvalue weighted by atomic mass is 9.81. The molecule has 2 aliphatic carbocycles. The van der Waals surface area contributed by atoms with Crippen molar-refractivity contribution in [3.05, 3.63) is 21.4 Å². The van der Waals surface area contributed by atoms with Crippen LogP contribution in [0.25, 0.3) is 0 Å². The largest absolute Gasteiger partial charge is 0.481 e. The average molecular weight is 333 g/mol. The Kier molecular flexibility index (Phi) is 3.92. The predicted molar refractivity (Wildman–Crippen MR) is 88.9 cm³/mol. The molecule has 2 fully saturated rings. The summed E-state index contributed by atoms with van der Waals surface area (Å²) in [5.74, 6) is -0.645. The Labute approximate surface area is 140 Å². The van der Waals surface area contributed by atoms with E-state index in [4.69, 9.17) is 0 Å².